The van der Waals surface area contributed by atoms with E-state index in [4.69, 9.17) is 9.15 Å². The van der Waals surface area contributed by atoms with Crippen molar-refractivity contribution in [3.05, 3.63) is 17.9 Å². The van der Waals surface area contributed by atoms with Crippen molar-refractivity contribution in [1.82, 2.24) is 10.0 Å². The maximum absolute atomic E-state index is 12.2. The van der Waals surface area contributed by atoms with Crippen molar-refractivity contribution in [2.75, 3.05) is 20.3 Å². The van der Waals surface area contributed by atoms with Crippen LogP contribution in [-0.4, -0.2) is 34.7 Å². The van der Waals surface area contributed by atoms with Crippen LogP contribution in [0.1, 0.15) is 33.5 Å². The molecule has 122 valence electrons. The molecule has 6 nitrogen and oxygen atoms in total. The molecule has 21 heavy (non-hydrogen) atoms. The molecule has 0 radical (unpaired) electrons. The summed E-state index contributed by atoms with van der Waals surface area (Å²) in [4.78, 5) is 0. The van der Waals surface area contributed by atoms with E-state index in [1.54, 1.807) is 13.2 Å². The molecule has 0 aromatic carbocycles. The summed E-state index contributed by atoms with van der Waals surface area (Å²) < 4.78 is 37.4. The Morgan fingerprint density at radius 3 is 2.57 bits per heavy atom. The van der Waals surface area contributed by atoms with Gasteiger partial charge in [0.05, 0.1) is 13.2 Å². The second-order valence-corrected chi connectivity index (χ2v) is 7.74. The summed E-state index contributed by atoms with van der Waals surface area (Å²) in [5.41, 5.74) is -0.162. The van der Waals surface area contributed by atoms with Gasteiger partial charge in [0.1, 0.15) is 5.76 Å². The molecule has 0 spiro atoms. The molecular formula is C14H26N2O4S. The van der Waals surface area contributed by atoms with E-state index in [9.17, 15) is 8.42 Å². The van der Waals surface area contributed by atoms with Gasteiger partial charge in [0.15, 0.2) is 0 Å². The van der Waals surface area contributed by atoms with Crippen LogP contribution >= 0.6 is 0 Å². The summed E-state index contributed by atoms with van der Waals surface area (Å²) in [6, 6.07) is 2.94. The lowest BCUT2D eigenvalue weighted by Gasteiger charge is -2.27. The Morgan fingerprint density at radius 1 is 1.33 bits per heavy atom. The molecule has 1 aromatic rings. The quantitative estimate of drug-likeness (QED) is 0.714. The summed E-state index contributed by atoms with van der Waals surface area (Å²) >= 11 is 0. The number of hydrogen-bond donors (Lipinski definition) is 2. The first kappa shape index (κ1) is 18.2. The highest BCUT2D eigenvalue weighted by Crippen LogP contribution is 2.21. The predicted octanol–water partition coefficient (Wildman–Crippen LogP) is 1.73. The zero-order valence-corrected chi connectivity index (χ0v) is 14.2. The summed E-state index contributed by atoms with van der Waals surface area (Å²) in [5, 5.41) is 3.04. The number of methoxy groups -OCH3 is 1. The minimum Gasteiger partial charge on any atom is -0.447 e. The van der Waals surface area contributed by atoms with E-state index >= 15 is 0 Å². The lowest BCUT2D eigenvalue weighted by Crippen LogP contribution is -2.41. The largest absolute Gasteiger partial charge is 0.447 e. The van der Waals surface area contributed by atoms with E-state index in [0.717, 1.165) is 0 Å². The van der Waals surface area contributed by atoms with Crippen molar-refractivity contribution in [1.29, 1.82) is 0 Å². The lowest BCUT2D eigenvalue weighted by atomic mass is 9.89. The van der Waals surface area contributed by atoms with Gasteiger partial charge in [-0.15, -0.1) is 0 Å². The summed E-state index contributed by atoms with van der Waals surface area (Å²) in [6.07, 6.45) is 0. The minimum absolute atomic E-state index is 0.0536. The second kappa shape index (κ2) is 7.40. The number of rotatable bonds is 8. The van der Waals surface area contributed by atoms with Crippen LogP contribution in [0.2, 0.25) is 0 Å². The van der Waals surface area contributed by atoms with Crippen molar-refractivity contribution in [2.45, 2.75) is 45.4 Å². The van der Waals surface area contributed by atoms with Crippen molar-refractivity contribution in [2.24, 2.45) is 5.41 Å². The molecule has 1 heterocycles. The average Bonchev–Trinajstić information content (AvgIpc) is 2.82. The van der Waals surface area contributed by atoms with E-state index in [0.29, 0.717) is 25.5 Å². The fourth-order valence-electron chi connectivity index (χ4n) is 1.45. The van der Waals surface area contributed by atoms with E-state index < -0.39 is 10.0 Å². The molecule has 1 unspecified atom stereocenters. The second-order valence-electron chi connectivity index (χ2n) is 6.10. The predicted molar refractivity (Wildman–Crippen MR) is 81.5 cm³/mol. The summed E-state index contributed by atoms with van der Waals surface area (Å²) in [6.45, 7) is 9.52. The first-order valence-corrected chi connectivity index (χ1v) is 8.46. The van der Waals surface area contributed by atoms with Gasteiger partial charge < -0.3 is 14.5 Å². The van der Waals surface area contributed by atoms with Crippen LogP contribution in [0.3, 0.4) is 0 Å². The summed E-state index contributed by atoms with van der Waals surface area (Å²) in [7, 11) is -2.00. The number of furan rings is 1. The SMILES string of the molecule is COCCNCc1ccc(S(=O)(=O)NC(C)C(C)(C)C)o1. The molecule has 0 aliphatic heterocycles. The zero-order valence-electron chi connectivity index (χ0n) is 13.4. The first-order chi connectivity index (χ1) is 9.66. The number of nitrogens with one attached hydrogen (secondary N) is 2. The van der Waals surface area contributed by atoms with Crippen molar-refractivity contribution in [3.8, 4) is 0 Å². The van der Waals surface area contributed by atoms with Crippen LogP contribution in [0.15, 0.2) is 21.6 Å². The Labute approximate surface area is 127 Å². The topological polar surface area (TPSA) is 80.6 Å². The van der Waals surface area contributed by atoms with Crippen LogP contribution in [-0.2, 0) is 21.3 Å². The van der Waals surface area contributed by atoms with Crippen molar-refractivity contribution in [3.63, 3.8) is 0 Å². The van der Waals surface area contributed by atoms with Gasteiger partial charge in [-0.25, -0.2) is 13.1 Å². The molecule has 0 saturated carbocycles. The molecule has 0 saturated heterocycles. The number of ether oxygens (including phenoxy) is 1. The van der Waals surface area contributed by atoms with Crippen LogP contribution < -0.4 is 10.0 Å². The molecule has 0 fully saturated rings. The van der Waals surface area contributed by atoms with Crippen molar-refractivity contribution < 1.29 is 17.6 Å². The van der Waals surface area contributed by atoms with E-state index in [2.05, 4.69) is 10.0 Å². The third kappa shape index (κ3) is 5.78. The highest BCUT2D eigenvalue weighted by molar-refractivity contribution is 7.89. The monoisotopic (exact) mass is 318 g/mol. The van der Waals surface area contributed by atoms with Gasteiger partial charge in [-0.1, -0.05) is 20.8 Å². The van der Waals surface area contributed by atoms with Gasteiger partial charge in [0.25, 0.3) is 10.0 Å². The highest BCUT2D eigenvalue weighted by atomic mass is 32.2. The molecule has 0 amide bonds. The molecule has 0 aliphatic rings. The fourth-order valence-corrected chi connectivity index (χ4v) is 2.85. The third-order valence-electron chi connectivity index (χ3n) is 3.32. The Bertz CT molecular complexity index is 531. The first-order valence-electron chi connectivity index (χ1n) is 6.97. The van der Waals surface area contributed by atoms with Crippen LogP contribution in [0.5, 0.6) is 0 Å². The van der Waals surface area contributed by atoms with Crippen molar-refractivity contribution >= 4 is 10.0 Å². The van der Waals surface area contributed by atoms with E-state index in [-0.39, 0.29) is 16.5 Å². The van der Waals surface area contributed by atoms with Gasteiger partial charge in [0, 0.05) is 19.7 Å². The minimum atomic E-state index is -3.63. The Morgan fingerprint density at radius 2 is 2.00 bits per heavy atom. The Hall–Kier alpha value is -0.890. The normalized spacial score (nSPS) is 14.3. The molecule has 1 atom stereocenters. The molecule has 0 bridgehead atoms. The van der Waals surface area contributed by atoms with E-state index in [1.807, 2.05) is 27.7 Å². The van der Waals surface area contributed by atoms with Gasteiger partial charge in [-0.05, 0) is 24.5 Å². The molecule has 1 rings (SSSR count). The third-order valence-corrected chi connectivity index (χ3v) is 4.73. The van der Waals surface area contributed by atoms with Gasteiger partial charge in [0.2, 0.25) is 5.09 Å². The fraction of sp³-hybridized carbons (Fsp3) is 0.714. The molecule has 7 heteroatoms. The molecule has 2 N–H and O–H groups in total. The zero-order chi connectivity index (χ0) is 16.1. The van der Waals surface area contributed by atoms with Crippen LogP contribution in [0, 0.1) is 5.41 Å². The van der Waals surface area contributed by atoms with Crippen LogP contribution in [0.4, 0.5) is 0 Å². The van der Waals surface area contributed by atoms with Gasteiger partial charge in [-0.3, -0.25) is 0 Å². The standard InChI is InChI=1S/C14H26N2O4S/c1-11(14(2,3)4)16-21(17,18)13-7-6-12(20-13)10-15-8-9-19-5/h6-7,11,15-16H,8-10H2,1-5H3. The maximum Gasteiger partial charge on any atom is 0.274 e. The van der Waals surface area contributed by atoms with Gasteiger partial charge in [-0.2, -0.15) is 0 Å². The van der Waals surface area contributed by atoms with Gasteiger partial charge >= 0.3 is 0 Å². The van der Waals surface area contributed by atoms with E-state index in [1.165, 1.54) is 6.07 Å². The number of sulfonamides is 1. The smallest absolute Gasteiger partial charge is 0.274 e. The Kier molecular flexibility index (Phi) is 6.40. The molecular weight excluding hydrogens is 292 g/mol. The summed E-state index contributed by atoms with van der Waals surface area (Å²) in [5.74, 6) is 0.579. The molecule has 0 aliphatic carbocycles. The highest BCUT2D eigenvalue weighted by Gasteiger charge is 2.27. The van der Waals surface area contributed by atoms with Crippen LogP contribution in [0.25, 0.3) is 0 Å². The Balaban J connectivity index is 2.66. The lowest BCUT2D eigenvalue weighted by molar-refractivity contribution is 0.198. The molecule has 1 aromatic heterocycles. The number of hydrogen-bond acceptors (Lipinski definition) is 5. The average molecular weight is 318 g/mol. The maximum atomic E-state index is 12.2.